The Balaban J connectivity index is 0.000000248. The van der Waals surface area contributed by atoms with E-state index in [9.17, 15) is 9.59 Å². The van der Waals surface area contributed by atoms with Gasteiger partial charge in [0.2, 0.25) is 5.91 Å². The number of carbonyl (C=O) groups excluding carboxylic acids is 2. The lowest BCUT2D eigenvalue weighted by atomic mass is 9.97. The maximum absolute atomic E-state index is 12.1. The number of rotatable bonds is 12. The summed E-state index contributed by atoms with van der Waals surface area (Å²) in [6, 6.07) is 24.3. The molecular formula is C32H41N5O4. The molecule has 6 N–H and O–H groups in total. The van der Waals surface area contributed by atoms with Gasteiger partial charge in [-0.3, -0.25) is 15.0 Å². The molecule has 1 heterocycles. The smallest absolute Gasteiger partial charge is 0.251 e. The molecule has 0 unspecified atom stereocenters. The van der Waals surface area contributed by atoms with Crippen molar-refractivity contribution < 1.29 is 19.1 Å². The first-order valence-corrected chi connectivity index (χ1v) is 13.9. The summed E-state index contributed by atoms with van der Waals surface area (Å²) in [5.41, 5.74) is 8.67. The molecule has 1 aliphatic rings. The van der Waals surface area contributed by atoms with Crippen LogP contribution in [-0.2, 0) is 22.6 Å². The summed E-state index contributed by atoms with van der Waals surface area (Å²) in [6.07, 6.45) is 2.76. The number of piperidine rings is 1. The molecule has 9 nitrogen and oxygen atoms in total. The summed E-state index contributed by atoms with van der Waals surface area (Å²) in [5, 5.41) is 16.5. The molecule has 4 rings (SSSR count). The minimum atomic E-state index is -0.171. The molecule has 2 amide bonds. The highest BCUT2D eigenvalue weighted by Gasteiger charge is 2.20. The van der Waals surface area contributed by atoms with E-state index >= 15 is 0 Å². The molecule has 3 aromatic carbocycles. The maximum Gasteiger partial charge on any atom is 0.251 e. The van der Waals surface area contributed by atoms with Crippen molar-refractivity contribution in [2.24, 2.45) is 11.7 Å². The molecule has 1 fully saturated rings. The van der Waals surface area contributed by atoms with Crippen molar-refractivity contribution in [1.29, 1.82) is 5.41 Å². The molecule has 0 bridgehead atoms. The van der Waals surface area contributed by atoms with Crippen LogP contribution < -0.4 is 26.4 Å². The number of amidine groups is 1. The first-order valence-electron chi connectivity index (χ1n) is 13.9. The summed E-state index contributed by atoms with van der Waals surface area (Å²) < 4.78 is 10.6. The van der Waals surface area contributed by atoms with Crippen LogP contribution >= 0.6 is 0 Å². The third kappa shape index (κ3) is 11.4. The van der Waals surface area contributed by atoms with Gasteiger partial charge in [-0.15, -0.1) is 0 Å². The summed E-state index contributed by atoms with van der Waals surface area (Å²) in [5.74, 6) is 1.01. The highest BCUT2D eigenvalue weighted by atomic mass is 16.5. The maximum atomic E-state index is 12.1. The average Bonchev–Trinajstić information content (AvgIpc) is 3.02. The zero-order valence-electron chi connectivity index (χ0n) is 23.7. The van der Waals surface area contributed by atoms with Crippen molar-refractivity contribution in [2.45, 2.75) is 32.4 Å². The van der Waals surface area contributed by atoms with Gasteiger partial charge in [-0.25, -0.2) is 0 Å². The fourth-order valence-corrected chi connectivity index (χ4v) is 4.20. The van der Waals surface area contributed by atoms with Gasteiger partial charge in [0.25, 0.3) is 5.91 Å². The van der Waals surface area contributed by atoms with Crippen LogP contribution in [-0.4, -0.2) is 51.1 Å². The summed E-state index contributed by atoms with van der Waals surface area (Å²) in [7, 11) is 1.67. The zero-order valence-corrected chi connectivity index (χ0v) is 23.7. The van der Waals surface area contributed by atoms with Crippen LogP contribution in [0.1, 0.15) is 46.3 Å². The van der Waals surface area contributed by atoms with Gasteiger partial charge in [-0.05, 0) is 61.3 Å². The number of amides is 2. The van der Waals surface area contributed by atoms with Gasteiger partial charge < -0.3 is 31.2 Å². The van der Waals surface area contributed by atoms with Crippen LogP contribution in [0.25, 0.3) is 0 Å². The van der Waals surface area contributed by atoms with E-state index in [-0.39, 0.29) is 23.6 Å². The number of nitrogens with one attached hydrogen (secondary N) is 4. The van der Waals surface area contributed by atoms with Gasteiger partial charge in [0.05, 0.1) is 6.61 Å². The molecule has 9 heteroatoms. The number of benzene rings is 3. The van der Waals surface area contributed by atoms with Gasteiger partial charge >= 0.3 is 0 Å². The fourth-order valence-electron chi connectivity index (χ4n) is 4.20. The minimum Gasteiger partial charge on any atom is -0.494 e. The van der Waals surface area contributed by atoms with E-state index in [0.717, 1.165) is 49.2 Å². The topological polar surface area (TPSA) is 139 Å². The zero-order chi connectivity index (χ0) is 29.3. The monoisotopic (exact) mass is 559 g/mol. The van der Waals surface area contributed by atoms with Crippen molar-refractivity contribution >= 4 is 17.6 Å². The molecule has 218 valence electrons. The predicted octanol–water partition coefficient (Wildman–Crippen LogP) is 3.62. The Hall–Kier alpha value is -4.21. The number of carbonyl (C=O) groups is 2. The number of hydrogen-bond donors (Lipinski definition) is 5. The van der Waals surface area contributed by atoms with E-state index in [1.165, 1.54) is 0 Å². The van der Waals surface area contributed by atoms with Gasteiger partial charge in [-0.1, -0.05) is 54.6 Å². The van der Waals surface area contributed by atoms with Crippen LogP contribution in [0.4, 0.5) is 0 Å². The Labute approximate surface area is 242 Å². The molecule has 0 atom stereocenters. The van der Waals surface area contributed by atoms with Crippen molar-refractivity contribution in [1.82, 2.24) is 16.0 Å². The van der Waals surface area contributed by atoms with Gasteiger partial charge in [0, 0.05) is 50.3 Å². The van der Waals surface area contributed by atoms with E-state index < -0.39 is 0 Å². The summed E-state index contributed by atoms with van der Waals surface area (Å²) >= 11 is 0. The molecule has 0 aromatic heterocycles. The molecule has 0 aliphatic carbocycles. The van der Waals surface area contributed by atoms with E-state index in [1.54, 1.807) is 31.4 Å². The minimum absolute atomic E-state index is 0.0171. The third-order valence-electron chi connectivity index (χ3n) is 6.62. The van der Waals surface area contributed by atoms with Gasteiger partial charge in [-0.2, -0.15) is 0 Å². The highest BCUT2D eigenvalue weighted by Crippen LogP contribution is 2.13. The lowest BCUT2D eigenvalue weighted by Gasteiger charge is -2.21. The number of ether oxygens (including phenoxy) is 2. The fraction of sp³-hybridized carbons (Fsp3) is 0.344. The molecule has 1 saturated heterocycles. The van der Waals surface area contributed by atoms with E-state index in [2.05, 4.69) is 16.0 Å². The quantitative estimate of drug-likeness (QED) is 0.131. The van der Waals surface area contributed by atoms with E-state index in [1.807, 2.05) is 54.6 Å². The second-order valence-electron chi connectivity index (χ2n) is 9.74. The van der Waals surface area contributed by atoms with E-state index in [4.69, 9.17) is 20.6 Å². The first-order chi connectivity index (χ1) is 20.0. The number of methoxy groups -OCH3 is 1. The summed E-state index contributed by atoms with van der Waals surface area (Å²) in [6.45, 7) is 4.28. The van der Waals surface area contributed by atoms with Crippen LogP contribution in [0.2, 0.25) is 0 Å². The molecule has 0 saturated carbocycles. The predicted molar refractivity (Wildman–Crippen MR) is 161 cm³/mol. The van der Waals surface area contributed by atoms with Gasteiger partial charge in [0.1, 0.15) is 11.6 Å². The second kappa shape index (κ2) is 17.5. The Kier molecular flexibility index (Phi) is 13.3. The SMILES string of the molecule is COCCCOc1ccc(CNC(=O)c2ccc(C(=N)N)cc2)cc1.O=C(NCc1ccccc1)C1CCNCC1. The molecular weight excluding hydrogens is 518 g/mol. The molecule has 0 spiro atoms. The van der Waals surface area contributed by atoms with Crippen molar-refractivity contribution in [3.8, 4) is 5.75 Å². The Bertz CT molecular complexity index is 1210. The lowest BCUT2D eigenvalue weighted by Crippen LogP contribution is -2.37. The largest absolute Gasteiger partial charge is 0.494 e. The van der Waals surface area contributed by atoms with Crippen LogP contribution in [0.3, 0.4) is 0 Å². The highest BCUT2D eigenvalue weighted by molar-refractivity contribution is 5.98. The van der Waals surface area contributed by atoms with Crippen LogP contribution in [0, 0.1) is 11.3 Å². The Morgan fingerprint density at radius 2 is 1.46 bits per heavy atom. The molecule has 1 aliphatic heterocycles. The van der Waals surface area contributed by atoms with Crippen LogP contribution in [0.15, 0.2) is 78.9 Å². The van der Waals surface area contributed by atoms with Crippen LogP contribution in [0.5, 0.6) is 5.75 Å². The van der Waals surface area contributed by atoms with Crippen molar-refractivity contribution in [3.63, 3.8) is 0 Å². The molecule has 0 radical (unpaired) electrons. The molecule has 3 aromatic rings. The lowest BCUT2D eigenvalue weighted by molar-refractivity contribution is -0.125. The van der Waals surface area contributed by atoms with Gasteiger partial charge in [0.15, 0.2) is 0 Å². The van der Waals surface area contributed by atoms with E-state index in [0.29, 0.717) is 37.4 Å². The molecule has 41 heavy (non-hydrogen) atoms. The number of nitrogens with two attached hydrogens (primary N) is 1. The Morgan fingerprint density at radius 1 is 0.854 bits per heavy atom. The standard InChI is InChI=1S/C19H23N3O3.C13H18N2O/c1-24-11-2-12-25-17-9-3-14(4-10-17)13-22-19(23)16-7-5-15(6-8-16)18(20)21;16-13(12-6-8-14-9-7-12)15-10-11-4-2-1-3-5-11/h3-10H,2,11-13H2,1H3,(H3,20,21)(H,22,23);1-5,12,14H,6-10H2,(H,15,16). The normalized spacial score (nSPS) is 12.9. The number of nitrogen functional groups attached to an aromatic ring is 1. The summed E-state index contributed by atoms with van der Waals surface area (Å²) in [4.78, 5) is 24.0. The first kappa shape index (κ1) is 31.3. The average molecular weight is 560 g/mol. The van der Waals surface area contributed by atoms with Crippen molar-refractivity contribution in [3.05, 3.63) is 101 Å². The second-order valence-corrected chi connectivity index (χ2v) is 9.74. The Morgan fingerprint density at radius 3 is 2.10 bits per heavy atom. The van der Waals surface area contributed by atoms with Crippen molar-refractivity contribution in [2.75, 3.05) is 33.4 Å². The number of hydrogen-bond acceptors (Lipinski definition) is 6. The third-order valence-corrected chi connectivity index (χ3v) is 6.62.